The van der Waals surface area contributed by atoms with Crippen LogP contribution in [0.15, 0.2) is 23.8 Å². The van der Waals surface area contributed by atoms with Gasteiger partial charge in [-0.05, 0) is 31.8 Å². The Morgan fingerprint density at radius 2 is 1.70 bits per heavy atom. The van der Waals surface area contributed by atoms with Gasteiger partial charge in [-0.15, -0.1) is 0 Å². The highest BCUT2D eigenvalue weighted by Gasteiger charge is 2.13. The molecule has 0 aromatic carbocycles. The maximum absolute atomic E-state index is 12.0. The van der Waals surface area contributed by atoms with Crippen molar-refractivity contribution in [3.63, 3.8) is 0 Å². The van der Waals surface area contributed by atoms with Crippen LogP contribution in [0.1, 0.15) is 66.2 Å². The highest BCUT2D eigenvalue weighted by Crippen LogP contribution is 2.14. The van der Waals surface area contributed by atoms with Crippen LogP contribution in [0.2, 0.25) is 0 Å². The number of esters is 2. The topological polar surface area (TPSA) is 52.6 Å². The van der Waals surface area contributed by atoms with Gasteiger partial charge in [-0.3, -0.25) is 0 Å². The first-order valence-corrected chi connectivity index (χ1v) is 8.67. The first kappa shape index (κ1) is 21.4. The van der Waals surface area contributed by atoms with Crippen molar-refractivity contribution in [2.24, 2.45) is 5.92 Å². The smallest absolute Gasteiger partial charge is 0.337 e. The lowest BCUT2D eigenvalue weighted by molar-refractivity contribution is -0.140. The third-order valence-corrected chi connectivity index (χ3v) is 3.70. The lowest BCUT2D eigenvalue weighted by atomic mass is 10.0. The predicted molar refractivity (Wildman–Crippen MR) is 93.0 cm³/mol. The molecule has 0 saturated carbocycles. The number of ether oxygens (including phenoxy) is 2. The van der Waals surface area contributed by atoms with E-state index >= 15 is 0 Å². The van der Waals surface area contributed by atoms with Gasteiger partial charge in [0.25, 0.3) is 0 Å². The van der Waals surface area contributed by atoms with E-state index in [-0.39, 0.29) is 5.57 Å². The second-order valence-corrected chi connectivity index (χ2v) is 5.86. The van der Waals surface area contributed by atoms with Crippen molar-refractivity contribution in [3.05, 3.63) is 23.8 Å². The Morgan fingerprint density at radius 1 is 1.04 bits per heavy atom. The minimum Gasteiger partial charge on any atom is -0.462 e. The summed E-state index contributed by atoms with van der Waals surface area (Å²) >= 11 is 0. The molecule has 0 amide bonds. The summed E-state index contributed by atoms with van der Waals surface area (Å²) in [5.41, 5.74) is 0.543. The molecule has 1 atom stereocenters. The second-order valence-electron chi connectivity index (χ2n) is 5.86. The molecule has 0 aromatic heterocycles. The molecule has 0 bridgehead atoms. The molecule has 132 valence electrons. The molecule has 0 N–H and O–H groups in total. The lowest BCUT2D eigenvalue weighted by Crippen LogP contribution is -2.15. The number of unbranched alkanes of at least 4 members (excludes halogenated alkanes) is 2. The molecule has 0 aliphatic rings. The van der Waals surface area contributed by atoms with Gasteiger partial charge in [-0.2, -0.15) is 0 Å². The largest absolute Gasteiger partial charge is 0.462 e. The van der Waals surface area contributed by atoms with Gasteiger partial charge < -0.3 is 9.47 Å². The quantitative estimate of drug-likeness (QED) is 0.228. The van der Waals surface area contributed by atoms with E-state index in [1.165, 1.54) is 6.08 Å². The van der Waals surface area contributed by atoms with Crippen LogP contribution in [0.5, 0.6) is 0 Å². The number of rotatable bonds is 12. The summed E-state index contributed by atoms with van der Waals surface area (Å²) in [4.78, 5) is 23.7. The van der Waals surface area contributed by atoms with E-state index in [4.69, 9.17) is 9.47 Å². The lowest BCUT2D eigenvalue weighted by Gasteiger charge is -2.14. The van der Waals surface area contributed by atoms with Crippen molar-refractivity contribution < 1.29 is 19.1 Å². The zero-order chi connectivity index (χ0) is 17.7. The average molecular weight is 324 g/mol. The molecule has 1 unspecified atom stereocenters. The summed E-state index contributed by atoms with van der Waals surface area (Å²) in [7, 11) is 0. The maximum atomic E-state index is 12.0. The Labute approximate surface area is 140 Å². The van der Waals surface area contributed by atoms with E-state index < -0.39 is 11.9 Å². The Morgan fingerprint density at radius 3 is 2.26 bits per heavy atom. The molecular weight excluding hydrogens is 292 g/mol. The zero-order valence-corrected chi connectivity index (χ0v) is 15.2. The van der Waals surface area contributed by atoms with Crippen LogP contribution in [-0.4, -0.2) is 25.2 Å². The van der Waals surface area contributed by atoms with E-state index in [1.54, 1.807) is 6.92 Å². The maximum Gasteiger partial charge on any atom is 0.337 e. The van der Waals surface area contributed by atoms with E-state index in [0.29, 0.717) is 24.7 Å². The summed E-state index contributed by atoms with van der Waals surface area (Å²) < 4.78 is 10.4. The van der Waals surface area contributed by atoms with Gasteiger partial charge in [0, 0.05) is 5.57 Å². The molecule has 0 aromatic rings. The number of hydrogen-bond donors (Lipinski definition) is 0. The standard InChI is InChI=1S/C19H32O4/c1-6-9-11-17(8-3)14-23-19(21)16(5)13-15(4)18(20)22-12-10-7-2/h13,17H,4,6-12,14H2,1-3,5H3/b16-13+. The van der Waals surface area contributed by atoms with Gasteiger partial charge in [0.2, 0.25) is 0 Å². The SMILES string of the molecule is C=C(/C=C(\C)C(=O)OCC(CC)CCCC)C(=O)OCCCC. The van der Waals surface area contributed by atoms with Crippen molar-refractivity contribution >= 4 is 11.9 Å². The molecule has 0 saturated heterocycles. The van der Waals surface area contributed by atoms with Crippen LogP contribution in [0.25, 0.3) is 0 Å². The summed E-state index contributed by atoms with van der Waals surface area (Å²) in [6.45, 7) is 12.3. The fourth-order valence-corrected chi connectivity index (χ4v) is 1.99. The Kier molecular flexibility index (Phi) is 12.0. The highest BCUT2D eigenvalue weighted by molar-refractivity contribution is 5.95. The van der Waals surface area contributed by atoms with Gasteiger partial charge in [0.1, 0.15) is 0 Å². The van der Waals surface area contributed by atoms with E-state index in [1.807, 2.05) is 6.92 Å². The van der Waals surface area contributed by atoms with Gasteiger partial charge >= 0.3 is 11.9 Å². The van der Waals surface area contributed by atoms with Crippen LogP contribution in [0.3, 0.4) is 0 Å². The summed E-state index contributed by atoms with van der Waals surface area (Å²) in [6, 6.07) is 0. The van der Waals surface area contributed by atoms with Crippen LogP contribution in [0.4, 0.5) is 0 Å². The van der Waals surface area contributed by atoms with Crippen molar-refractivity contribution in [3.8, 4) is 0 Å². The third kappa shape index (κ3) is 9.93. The fraction of sp³-hybridized carbons (Fsp3) is 0.684. The van der Waals surface area contributed by atoms with Crippen molar-refractivity contribution in [1.82, 2.24) is 0 Å². The van der Waals surface area contributed by atoms with Crippen LogP contribution in [-0.2, 0) is 19.1 Å². The minimum atomic E-state index is -0.486. The third-order valence-electron chi connectivity index (χ3n) is 3.70. The molecular formula is C19H32O4. The molecule has 0 fully saturated rings. The van der Waals surface area contributed by atoms with Gasteiger partial charge in [0.05, 0.1) is 18.8 Å². The first-order chi connectivity index (χ1) is 11.0. The second kappa shape index (κ2) is 12.9. The highest BCUT2D eigenvalue weighted by atomic mass is 16.5. The summed E-state index contributed by atoms with van der Waals surface area (Å²) in [6.07, 6.45) is 7.56. The van der Waals surface area contributed by atoms with Crippen LogP contribution in [0, 0.1) is 5.92 Å². The van der Waals surface area contributed by atoms with Crippen LogP contribution >= 0.6 is 0 Å². The van der Waals surface area contributed by atoms with Crippen molar-refractivity contribution in [2.75, 3.05) is 13.2 Å². The van der Waals surface area contributed by atoms with E-state index in [9.17, 15) is 9.59 Å². The molecule has 0 rings (SSSR count). The average Bonchev–Trinajstić information content (AvgIpc) is 2.54. The fourth-order valence-electron chi connectivity index (χ4n) is 1.99. The molecule has 0 heterocycles. The number of hydrogen-bond acceptors (Lipinski definition) is 4. The molecule has 0 aliphatic carbocycles. The summed E-state index contributed by atoms with van der Waals surface area (Å²) in [5.74, 6) is -0.489. The Hall–Kier alpha value is -1.58. The van der Waals surface area contributed by atoms with E-state index in [2.05, 4.69) is 20.4 Å². The molecule has 4 nitrogen and oxygen atoms in total. The van der Waals surface area contributed by atoms with E-state index in [0.717, 1.165) is 38.5 Å². The normalized spacial score (nSPS) is 12.6. The van der Waals surface area contributed by atoms with Crippen molar-refractivity contribution in [2.45, 2.75) is 66.2 Å². The van der Waals surface area contributed by atoms with Gasteiger partial charge in [-0.1, -0.05) is 53.0 Å². The molecule has 23 heavy (non-hydrogen) atoms. The number of carbonyl (C=O) groups is 2. The monoisotopic (exact) mass is 324 g/mol. The predicted octanol–water partition coefficient (Wildman–Crippen LogP) is 4.59. The first-order valence-electron chi connectivity index (χ1n) is 8.67. The minimum absolute atomic E-state index is 0.175. The number of carbonyl (C=O) groups excluding carboxylic acids is 2. The molecule has 4 heteroatoms. The Bertz CT molecular complexity index is 410. The molecule has 0 spiro atoms. The van der Waals surface area contributed by atoms with Gasteiger partial charge in [0.15, 0.2) is 0 Å². The van der Waals surface area contributed by atoms with Crippen molar-refractivity contribution in [1.29, 1.82) is 0 Å². The summed E-state index contributed by atoms with van der Waals surface area (Å²) in [5, 5.41) is 0. The molecule has 0 radical (unpaired) electrons. The van der Waals surface area contributed by atoms with Crippen LogP contribution < -0.4 is 0 Å². The van der Waals surface area contributed by atoms with Gasteiger partial charge in [-0.25, -0.2) is 9.59 Å². The molecule has 0 aliphatic heterocycles. The Balaban J connectivity index is 4.34. The zero-order valence-electron chi connectivity index (χ0n) is 15.2.